The second kappa shape index (κ2) is 4.50. The van der Waals surface area contributed by atoms with Crippen molar-refractivity contribution in [2.75, 3.05) is 26.3 Å². The van der Waals surface area contributed by atoms with Crippen LogP contribution in [-0.2, 0) is 4.74 Å². The van der Waals surface area contributed by atoms with E-state index in [1.807, 2.05) is 0 Å². The highest BCUT2D eigenvalue weighted by molar-refractivity contribution is 4.99. The Bertz CT molecular complexity index is 265. The number of nitrogens with zero attached hydrogens (tertiary/aromatic N) is 1. The molecule has 3 N–H and O–H groups in total. The predicted octanol–water partition coefficient (Wildman–Crippen LogP) is 0.339. The molecule has 3 heterocycles. The molecule has 0 aromatic rings. The van der Waals surface area contributed by atoms with Gasteiger partial charge < -0.3 is 15.6 Å². The Morgan fingerprint density at radius 3 is 2.53 bits per heavy atom. The number of ether oxygens (including phenoxy) is 1. The molecule has 0 saturated carbocycles. The van der Waals surface area contributed by atoms with E-state index in [1.54, 1.807) is 0 Å². The zero-order valence-electron chi connectivity index (χ0n) is 10.5. The summed E-state index contributed by atoms with van der Waals surface area (Å²) in [7, 11) is 0. The van der Waals surface area contributed by atoms with E-state index in [4.69, 9.17) is 10.5 Å². The van der Waals surface area contributed by atoms with Crippen molar-refractivity contribution in [3.05, 3.63) is 0 Å². The zero-order valence-corrected chi connectivity index (χ0v) is 10.5. The van der Waals surface area contributed by atoms with Crippen LogP contribution in [0.1, 0.15) is 32.1 Å². The number of hydrogen-bond donors (Lipinski definition) is 2. The Hall–Kier alpha value is -0.160. The van der Waals surface area contributed by atoms with E-state index in [-0.39, 0.29) is 11.5 Å². The molecule has 3 saturated heterocycles. The maximum atomic E-state index is 9.81. The molecule has 98 valence electrons. The van der Waals surface area contributed by atoms with E-state index >= 15 is 0 Å². The minimum absolute atomic E-state index is 0.0718. The standard InChI is InChI=1S/C13H24N2O2/c14-7-13(3-4-17-9-13)8-15-10-1-2-11(15)6-12(16)5-10/h10-12,16H,1-9,14H2. The Labute approximate surface area is 103 Å². The summed E-state index contributed by atoms with van der Waals surface area (Å²) < 4.78 is 5.55. The summed E-state index contributed by atoms with van der Waals surface area (Å²) in [5.74, 6) is 0. The highest BCUT2D eigenvalue weighted by Gasteiger charge is 2.45. The molecule has 3 fully saturated rings. The minimum atomic E-state index is -0.0718. The minimum Gasteiger partial charge on any atom is -0.393 e. The monoisotopic (exact) mass is 240 g/mol. The second-order valence-corrected chi connectivity index (χ2v) is 6.19. The first-order valence-electron chi connectivity index (χ1n) is 6.94. The molecule has 2 bridgehead atoms. The fourth-order valence-electron chi connectivity index (χ4n) is 3.89. The first-order chi connectivity index (χ1) is 8.22. The molecule has 0 radical (unpaired) electrons. The summed E-state index contributed by atoms with van der Waals surface area (Å²) >= 11 is 0. The summed E-state index contributed by atoms with van der Waals surface area (Å²) in [5.41, 5.74) is 6.15. The van der Waals surface area contributed by atoms with Gasteiger partial charge in [0, 0.05) is 37.2 Å². The molecule has 0 aromatic heterocycles. The van der Waals surface area contributed by atoms with Crippen molar-refractivity contribution in [3.63, 3.8) is 0 Å². The van der Waals surface area contributed by atoms with Gasteiger partial charge in [-0.1, -0.05) is 0 Å². The largest absolute Gasteiger partial charge is 0.393 e. The van der Waals surface area contributed by atoms with Crippen LogP contribution in [0.25, 0.3) is 0 Å². The fourth-order valence-corrected chi connectivity index (χ4v) is 3.89. The van der Waals surface area contributed by atoms with Crippen molar-refractivity contribution in [1.29, 1.82) is 0 Å². The fraction of sp³-hybridized carbons (Fsp3) is 1.00. The van der Waals surface area contributed by atoms with Gasteiger partial charge in [-0.15, -0.1) is 0 Å². The van der Waals surface area contributed by atoms with Gasteiger partial charge in [0.15, 0.2) is 0 Å². The third-order valence-corrected chi connectivity index (χ3v) is 5.00. The van der Waals surface area contributed by atoms with Crippen LogP contribution >= 0.6 is 0 Å². The maximum Gasteiger partial charge on any atom is 0.0570 e. The van der Waals surface area contributed by atoms with E-state index in [0.717, 1.165) is 45.6 Å². The van der Waals surface area contributed by atoms with Crippen LogP contribution in [0.5, 0.6) is 0 Å². The highest BCUT2D eigenvalue weighted by atomic mass is 16.5. The number of aliphatic hydroxyl groups is 1. The summed E-state index contributed by atoms with van der Waals surface area (Å²) in [6.07, 6.45) is 5.45. The van der Waals surface area contributed by atoms with Gasteiger partial charge in [0.2, 0.25) is 0 Å². The number of hydrogen-bond acceptors (Lipinski definition) is 4. The van der Waals surface area contributed by atoms with E-state index in [1.165, 1.54) is 12.8 Å². The van der Waals surface area contributed by atoms with Crippen molar-refractivity contribution in [1.82, 2.24) is 4.90 Å². The quantitative estimate of drug-likeness (QED) is 0.747. The van der Waals surface area contributed by atoms with Crippen molar-refractivity contribution in [3.8, 4) is 0 Å². The number of piperidine rings is 1. The van der Waals surface area contributed by atoms with Gasteiger partial charge in [-0.25, -0.2) is 0 Å². The number of rotatable bonds is 3. The second-order valence-electron chi connectivity index (χ2n) is 6.19. The molecule has 0 spiro atoms. The van der Waals surface area contributed by atoms with Crippen LogP contribution in [0.15, 0.2) is 0 Å². The van der Waals surface area contributed by atoms with E-state index in [0.29, 0.717) is 12.1 Å². The Kier molecular flexibility index (Phi) is 3.15. The van der Waals surface area contributed by atoms with Gasteiger partial charge in [0.1, 0.15) is 0 Å². The predicted molar refractivity (Wildman–Crippen MR) is 65.7 cm³/mol. The lowest BCUT2D eigenvalue weighted by molar-refractivity contribution is 0.00843. The van der Waals surface area contributed by atoms with Crippen LogP contribution in [0.2, 0.25) is 0 Å². The molecule has 4 nitrogen and oxygen atoms in total. The summed E-state index contributed by atoms with van der Waals surface area (Å²) in [5, 5.41) is 9.81. The molecule has 3 rings (SSSR count). The Morgan fingerprint density at radius 1 is 1.29 bits per heavy atom. The van der Waals surface area contributed by atoms with Crippen molar-refractivity contribution >= 4 is 0 Å². The third-order valence-electron chi connectivity index (χ3n) is 5.00. The average molecular weight is 240 g/mol. The molecule has 0 amide bonds. The first kappa shape index (κ1) is 11.9. The van der Waals surface area contributed by atoms with Gasteiger partial charge in [-0.2, -0.15) is 0 Å². The van der Waals surface area contributed by atoms with Crippen LogP contribution in [-0.4, -0.2) is 54.5 Å². The van der Waals surface area contributed by atoms with Gasteiger partial charge >= 0.3 is 0 Å². The summed E-state index contributed by atoms with van der Waals surface area (Å²) in [6.45, 7) is 3.49. The summed E-state index contributed by atoms with van der Waals surface area (Å²) in [6, 6.07) is 1.18. The molecule has 3 atom stereocenters. The molecule has 17 heavy (non-hydrogen) atoms. The van der Waals surface area contributed by atoms with E-state index < -0.39 is 0 Å². The van der Waals surface area contributed by atoms with E-state index in [2.05, 4.69) is 4.90 Å². The topological polar surface area (TPSA) is 58.7 Å². The lowest BCUT2D eigenvalue weighted by Gasteiger charge is -2.42. The van der Waals surface area contributed by atoms with Crippen molar-refractivity contribution in [2.24, 2.45) is 11.1 Å². The number of fused-ring (bicyclic) bond motifs is 2. The normalized spacial score (nSPS) is 46.6. The Morgan fingerprint density at radius 2 is 2.00 bits per heavy atom. The van der Waals surface area contributed by atoms with Crippen LogP contribution < -0.4 is 5.73 Å². The van der Waals surface area contributed by atoms with E-state index in [9.17, 15) is 5.11 Å². The van der Waals surface area contributed by atoms with Crippen LogP contribution in [0.4, 0.5) is 0 Å². The molecular formula is C13H24N2O2. The zero-order chi connectivity index (χ0) is 11.9. The van der Waals surface area contributed by atoms with Crippen LogP contribution in [0, 0.1) is 5.41 Å². The maximum absolute atomic E-state index is 9.81. The molecule has 4 heteroatoms. The molecule has 3 aliphatic heterocycles. The van der Waals surface area contributed by atoms with Gasteiger partial charge in [-0.3, -0.25) is 4.90 Å². The van der Waals surface area contributed by atoms with Gasteiger partial charge in [-0.05, 0) is 32.1 Å². The van der Waals surface area contributed by atoms with Gasteiger partial charge in [0.05, 0.1) is 12.7 Å². The Balaban J connectivity index is 1.69. The lowest BCUT2D eigenvalue weighted by atomic mass is 9.85. The van der Waals surface area contributed by atoms with Crippen LogP contribution in [0.3, 0.4) is 0 Å². The van der Waals surface area contributed by atoms with Crippen molar-refractivity contribution in [2.45, 2.75) is 50.3 Å². The molecular weight excluding hydrogens is 216 g/mol. The number of nitrogens with two attached hydrogens (primary N) is 1. The first-order valence-corrected chi connectivity index (χ1v) is 6.94. The van der Waals surface area contributed by atoms with Gasteiger partial charge in [0.25, 0.3) is 0 Å². The summed E-state index contributed by atoms with van der Waals surface area (Å²) in [4.78, 5) is 2.62. The highest BCUT2D eigenvalue weighted by Crippen LogP contribution is 2.39. The number of aliphatic hydroxyl groups excluding tert-OH is 1. The molecule has 3 unspecified atom stereocenters. The SMILES string of the molecule is NCC1(CN2C3CCC2CC(O)C3)CCOC1. The third kappa shape index (κ3) is 2.12. The molecule has 3 aliphatic rings. The average Bonchev–Trinajstić information content (AvgIpc) is 2.86. The lowest BCUT2D eigenvalue weighted by Crippen LogP contribution is -2.51. The smallest absolute Gasteiger partial charge is 0.0570 e. The van der Waals surface area contributed by atoms with Crippen molar-refractivity contribution < 1.29 is 9.84 Å². The molecule has 0 aromatic carbocycles. The molecule has 0 aliphatic carbocycles.